The van der Waals surface area contributed by atoms with Gasteiger partial charge in [-0.1, -0.05) is 30.3 Å². The highest BCUT2D eigenvalue weighted by Gasteiger charge is 2.19. The van der Waals surface area contributed by atoms with E-state index in [2.05, 4.69) is 31.2 Å². The Morgan fingerprint density at radius 1 is 0.821 bits per heavy atom. The summed E-state index contributed by atoms with van der Waals surface area (Å²) in [6.07, 6.45) is 5.48. The van der Waals surface area contributed by atoms with Crippen molar-refractivity contribution in [2.45, 2.75) is 0 Å². The molecule has 6 rings (SSSR count). The third-order valence-corrected chi connectivity index (χ3v) is 6.92. The molecule has 3 heterocycles. The van der Waals surface area contributed by atoms with Crippen LogP contribution in [0.5, 0.6) is 0 Å². The Bertz CT molecular complexity index is 1670. The molecule has 190 valence electrons. The van der Waals surface area contributed by atoms with E-state index in [1.54, 1.807) is 36.4 Å². The number of hydrogen-bond acceptors (Lipinski definition) is 7. The predicted molar refractivity (Wildman–Crippen MR) is 153 cm³/mol. The van der Waals surface area contributed by atoms with Crippen LogP contribution in [0.2, 0.25) is 0 Å². The first-order valence-electron chi connectivity index (χ1n) is 12.8. The molecule has 3 aromatic carbocycles. The summed E-state index contributed by atoms with van der Waals surface area (Å²) >= 11 is 0. The Hall–Kier alpha value is -5.29. The van der Waals surface area contributed by atoms with Gasteiger partial charge in [-0.15, -0.1) is 0 Å². The Morgan fingerprint density at radius 3 is 2.31 bits per heavy atom. The number of anilines is 3. The molecule has 8 heteroatoms. The van der Waals surface area contributed by atoms with Gasteiger partial charge in [0.25, 0.3) is 5.91 Å². The lowest BCUT2D eigenvalue weighted by Gasteiger charge is -2.36. The smallest absolute Gasteiger partial charge is 0.255 e. The van der Waals surface area contributed by atoms with E-state index in [1.807, 2.05) is 61.1 Å². The van der Waals surface area contributed by atoms with Crippen molar-refractivity contribution in [3.05, 3.63) is 109 Å². The average molecular weight is 512 g/mol. The highest BCUT2D eigenvalue weighted by molar-refractivity contribution is 6.05. The Labute approximate surface area is 226 Å². The zero-order chi connectivity index (χ0) is 26.6. The van der Waals surface area contributed by atoms with E-state index in [0.717, 1.165) is 54.2 Å². The molecule has 0 spiro atoms. The Balaban J connectivity index is 1.21. The summed E-state index contributed by atoms with van der Waals surface area (Å²) < 4.78 is 0. The number of rotatable bonds is 5. The van der Waals surface area contributed by atoms with Crippen LogP contribution in [-0.4, -0.2) is 47.0 Å². The van der Waals surface area contributed by atoms with Gasteiger partial charge in [-0.05, 0) is 59.7 Å². The summed E-state index contributed by atoms with van der Waals surface area (Å²) in [4.78, 5) is 30.9. The molecule has 0 atom stereocenters. The fraction of sp³-hybridized carbons (Fsp3) is 0.129. The maximum Gasteiger partial charge on any atom is 0.255 e. The van der Waals surface area contributed by atoms with E-state index in [0.29, 0.717) is 16.8 Å². The highest BCUT2D eigenvalue weighted by Crippen LogP contribution is 2.28. The first-order valence-corrected chi connectivity index (χ1v) is 12.8. The van der Waals surface area contributed by atoms with Crippen molar-refractivity contribution in [1.29, 1.82) is 5.26 Å². The minimum atomic E-state index is -0.255. The van der Waals surface area contributed by atoms with Gasteiger partial charge in [0, 0.05) is 49.8 Å². The summed E-state index contributed by atoms with van der Waals surface area (Å²) in [6.45, 7) is 3.50. The van der Waals surface area contributed by atoms with Crippen LogP contribution in [0, 0.1) is 11.3 Å². The number of pyridine rings is 1. The number of amides is 1. The minimum Gasteiger partial charge on any atom is -0.368 e. The average Bonchev–Trinajstić information content (AvgIpc) is 3.01. The third-order valence-electron chi connectivity index (χ3n) is 6.92. The second-order valence-corrected chi connectivity index (χ2v) is 9.30. The molecule has 0 unspecified atom stereocenters. The summed E-state index contributed by atoms with van der Waals surface area (Å²) in [5.74, 6) is 0.598. The van der Waals surface area contributed by atoms with Crippen LogP contribution in [0.3, 0.4) is 0 Å². The van der Waals surface area contributed by atoms with Gasteiger partial charge in [0.2, 0.25) is 0 Å². The maximum atomic E-state index is 12.6. The number of benzene rings is 3. The minimum absolute atomic E-state index is 0.255. The zero-order valence-electron chi connectivity index (χ0n) is 21.2. The van der Waals surface area contributed by atoms with Crippen LogP contribution in [0.1, 0.15) is 15.9 Å². The lowest BCUT2D eigenvalue weighted by Crippen LogP contribution is -2.46. The van der Waals surface area contributed by atoms with Gasteiger partial charge in [-0.3, -0.25) is 14.8 Å². The van der Waals surface area contributed by atoms with Crippen LogP contribution in [0.15, 0.2) is 97.5 Å². The number of nitriles is 1. The molecule has 5 aromatic rings. The SMILES string of the molecule is N#Cc1cc(-c2ccc3ncc(N4CCN(c5ccncc5)CC4)nc3c2)ccc1NC(=O)c1ccccc1. The molecule has 1 fully saturated rings. The second-order valence-electron chi connectivity index (χ2n) is 9.30. The van der Waals surface area contributed by atoms with Gasteiger partial charge in [-0.2, -0.15) is 5.26 Å². The second kappa shape index (κ2) is 10.6. The molecular formula is C31H25N7O. The van der Waals surface area contributed by atoms with Gasteiger partial charge in [-0.25, -0.2) is 4.98 Å². The zero-order valence-corrected chi connectivity index (χ0v) is 21.2. The summed E-state index contributed by atoms with van der Waals surface area (Å²) in [6, 6.07) is 26.6. The van der Waals surface area contributed by atoms with Gasteiger partial charge in [0.1, 0.15) is 11.9 Å². The first-order chi connectivity index (χ1) is 19.2. The van der Waals surface area contributed by atoms with E-state index >= 15 is 0 Å². The van der Waals surface area contributed by atoms with Crippen molar-refractivity contribution in [3.63, 3.8) is 0 Å². The number of hydrogen-bond donors (Lipinski definition) is 1. The predicted octanol–water partition coefficient (Wildman–Crippen LogP) is 5.14. The van der Waals surface area contributed by atoms with E-state index in [9.17, 15) is 10.1 Å². The Morgan fingerprint density at radius 2 is 1.54 bits per heavy atom. The lowest BCUT2D eigenvalue weighted by molar-refractivity contribution is 0.102. The molecule has 39 heavy (non-hydrogen) atoms. The molecule has 8 nitrogen and oxygen atoms in total. The summed E-state index contributed by atoms with van der Waals surface area (Å²) in [5, 5.41) is 12.6. The van der Waals surface area contributed by atoms with Crippen molar-refractivity contribution >= 4 is 34.1 Å². The highest BCUT2D eigenvalue weighted by atomic mass is 16.1. The Kier molecular flexibility index (Phi) is 6.54. The largest absolute Gasteiger partial charge is 0.368 e. The van der Waals surface area contributed by atoms with Crippen LogP contribution in [-0.2, 0) is 0 Å². The molecule has 0 radical (unpaired) electrons. The van der Waals surface area contributed by atoms with Crippen LogP contribution in [0.25, 0.3) is 22.2 Å². The number of nitrogens with one attached hydrogen (secondary N) is 1. The van der Waals surface area contributed by atoms with Crippen LogP contribution >= 0.6 is 0 Å². The maximum absolute atomic E-state index is 12.6. The molecule has 1 aliphatic heterocycles. The molecule has 0 saturated carbocycles. The lowest BCUT2D eigenvalue weighted by atomic mass is 10.0. The summed E-state index contributed by atoms with van der Waals surface area (Å²) in [7, 11) is 0. The molecule has 1 aliphatic rings. The molecule has 1 N–H and O–H groups in total. The number of carbonyl (C=O) groups is 1. The van der Waals surface area contributed by atoms with E-state index in [4.69, 9.17) is 4.98 Å². The summed E-state index contributed by atoms with van der Waals surface area (Å²) in [5.41, 5.74) is 5.98. The van der Waals surface area contributed by atoms with Crippen LogP contribution < -0.4 is 15.1 Å². The van der Waals surface area contributed by atoms with E-state index in [1.165, 1.54) is 5.69 Å². The standard InChI is InChI=1S/C31H25N7O/c32-20-25-18-23(6-8-27(25)36-31(39)22-4-2-1-3-5-22)24-7-9-28-29(19-24)35-30(21-34-28)38-16-14-37(15-17-38)26-10-12-33-13-11-26/h1-13,18-19,21H,14-17H2,(H,36,39). The number of carbonyl (C=O) groups excluding carboxylic acids is 1. The number of aromatic nitrogens is 3. The normalized spacial score (nSPS) is 13.2. The fourth-order valence-electron chi connectivity index (χ4n) is 4.79. The van der Waals surface area contributed by atoms with Gasteiger partial charge in [0.15, 0.2) is 0 Å². The van der Waals surface area contributed by atoms with E-state index in [-0.39, 0.29) is 5.91 Å². The molecule has 1 saturated heterocycles. The van der Waals surface area contributed by atoms with Crippen molar-refractivity contribution in [1.82, 2.24) is 15.0 Å². The third kappa shape index (κ3) is 5.11. The quantitative estimate of drug-likeness (QED) is 0.349. The van der Waals surface area contributed by atoms with Gasteiger partial charge in [0.05, 0.1) is 28.5 Å². The number of nitrogens with zero attached hydrogens (tertiary/aromatic N) is 6. The fourth-order valence-corrected chi connectivity index (χ4v) is 4.79. The van der Waals surface area contributed by atoms with Gasteiger partial charge >= 0.3 is 0 Å². The number of piperazine rings is 1. The monoisotopic (exact) mass is 511 g/mol. The van der Waals surface area contributed by atoms with Crippen molar-refractivity contribution < 1.29 is 4.79 Å². The molecular weight excluding hydrogens is 486 g/mol. The van der Waals surface area contributed by atoms with Gasteiger partial charge < -0.3 is 15.1 Å². The van der Waals surface area contributed by atoms with Crippen molar-refractivity contribution in [2.24, 2.45) is 0 Å². The number of fused-ring (bicyclic) bond motifs is 1. The van der Waals surface area contributed by atoms with E-state index < -0.39 is 0 Å². The van der Waals surface area contributed by atoms with Crippen molar-refractivity contribution in [2.75, 3.05) is 41.3 Å². The van der Waals surface area contributed by atoms with Crippen LogP contribution in [0.4, 0.5) is 17.2 Å². The molecule has 2 aromatic heterocycles. The topological polar surface area (TPSA) is 98.0 Å². The first kappa shape index (κ1) is 24.1. The molecule has 1 amide bonds. The molecule has 0 bridgehead atoms. The van der Waals surface area contributed by atoms with Crippen molar-refractivity contribution in [3.8, 4) is 17.2 Å². The molecule has 0 aliphatic carbocycles.